The highest BCUT2D eigenvalue weighted by Crippen LogP contribution is 2.32. The van der Waals surface area contributed by atoms with Crippen molar-refractivity contribution in [3.05, 3.63) is 34.5 Å². The van der Waals surface area contributed by atoms with Crippen molar-refractivity contribution < 1.29 is 0 Å². The summed E-state index contributed by atoms with van der Waals surface area (Å²) in [4.78, 5) is 0. The van der Waals surface area contributed by atoms with Crippen molar-refractivity contribution in [2.45, 2.75) is 20.0 Å². The number of nitrogens with zero attached hydrogens (tertiary/aromatic N) is 1. The molecule has 2 nitrogen and oxygen atoms in total. The lowest BCUT2D eigenvalue weighted by atomic mass is 10.2. The van der Waals surface area contributed by atoms with Gasteiger partial charge in [-0.2, -0.15) is 0 Å². The monoisotopic (exact) mass is 220 g/mol. The lowest BCUT2D eigenvalue weighted by Gasteiger charge is -2.17. The molecule has 0 spiro atoms. The second-order valence-corrected chi connectivity index (χ2v) is 4.49. The fraction of sp³-hybridized carbons (Fsp3) is 0.333. The molecular weight excluding hydrogens is 208 g/mol. The molecule has 0 saturated carbocycles. The van der Waals surface area contributed by atoms with Crippen LogP contribution >= 0.6 is 11.6 Å². The Hall–Kier alpha value is -0.990. The molecule has 2 heterocycles. The molecule has 0 aliphatic carbocycles. The van der Waals surface area contributed by atoms with E-state index in [0.29, 0.717) is 0 Å². The molecule has 0 saturated heterocycles. The van der Waals surface area contributed by atoms with E-state index >= 15 is 0 Å². The van der Waals surface area contributed by atoms with E-state index in [1.165, 1.54) is 22.2 Å². The smallest absolute Gasteiger partial charge is 0.0707 e. The average molecular weight is 221 g/mol. The lowest BCUT2D eigenvalue weighted by Crippen LogP contribution is -2.27. The van der Waals surface area contributed by atoms with Gasteiger partial charge in [-0.15, -0.1) is 0 Å². The summed E-state index contributed by atoms with van der Waals surface area (Å²) in [6.07, 6.45) is 0. The van der Waals surface area contributed by atoms with Gasteiger partial charge in [0.05, 0.1) is 16.2 Å². The molecule has 3 heteroatoms. The molecule has 2 aromatic rings. The van der Waals surface area contributed by atoms with Crippen LogP contribution in [0.3, 0.4) is 0 Å². The number of aryl methyl sites for hydroxylation is 1. The first kappa shape index (κ1) is 9.25. The molecule has 15 heavy (non-hydrogen) atoms. The van der Waals surface area contributed by atoms with E-state index in [0.717, 1.165) is 24.7 Å². The summed E-state index contributed by atoms with van der Waals surface area (Å²) in [5.74, 6) is 0. The van der Waals surface area contributed by atoms with Gasteiger partial charge in [0, 0.05) is 25.0 Å². The molecule has 0 amide bonds. The molecule has 0 radical (unpaired) electrons. The summed E-state index contributed by atoms with van der Waals surface area (Å²) in [5.41, 5.74) is 3.79. The van der Waals surface area contributed by atoms with Crippen LogP contribution in [0.4, 0.5) is 0 Å². The van der Waals surface area contributed by atoms with Gasteiger partial charge in [0.25, 0.3) is 0 Å². The minimum absolute atomic E-state index is 0.882. The molecule has 0 atom stereocenters. The Labute approximate surface area is 93.8 Å². The zero-order valence-corrected chi connectivity index (χ0v) is 9.43. The van der Waals surface area contributed by atoms with Gasteiger partial charge in [-0.05, 0) is 18.6 Å². The van der Waals surface area contributed by atoms with Gasteiger partial charge in [0.2, 0.25) is 0 Å². The van der Waals surface area contributed by atoms with E-state index in [2.05, 4.69) is 35.0 Å². The van der Waals surface area contributed by atoms with E-state index in [-0.39, 0.29) is 0 Å². The van der Waals surface area contributed by atoms with Gasteiger partial charge in [-0.1, -0.05) is 23.7 Å². The summed E-state index contributed by atoms with van der Waals surface area (Å²) >= 11 is 6.37. The molecular formula is C12H13ClN2. The quantitative estimate of drug-likeness (QED) is 0.723. The van der Waals surface area contributed by atoms with Crippen LogP contribution in [-0.4, -0.2) is 11.1 Å². The van der Waals surface area contributed by atoms with Crippen molar-refractivity contribution >= 4 is 22.5 Å². The number of halogens is 1. The summed E-state index contributed by atoms with van der Waals surface area (Å²) in [5, 5.41) is 5.45. The molecule has 1 aromatic carbocycles. The number of nitrogens with one attached hydrogen (secondary N) is 1. The Balaban J connectivity index is 2.39. The van der Waals surface area contributed by atoms with Crippen molar-refractivity contribution in [3.63, 3.8) is 0 Å². The lowest BCUT2D eigenvalue weighted by molar-refractivity contribution is 0.527. The first-order valence-electron chi connectivity index (χ1n) is 5.25. The summed E-state index contributed by atoms with van der Waals surface area (Å²) < 4.78 is 2.33. The third-order valence-electron chi connectivity index (χ3n) is 3.06. The SMILES string of the molecule is Cc1ccc2c(Cl)c3n(c2c1)CCNC3. The van der Waals surface area contributed by atoms with Crippen LogP contribution in [-0.2, 0) is 13.1 Å². The highest BCUT2D eigenvalue weighted by atomic mass is 35.5. The maximum absolute atomic E-state index is 6.37. The predicted octanol–water partition coefficient (Wildman–Crippen LogP) is 2.71. The van der Waals surface area contributed by atoms with Gasteiger partial charge in [-0.25, -0.2) is 0 Å². The molecule has 78 valence electrons. The van der Waals surface area contributed by atoms with Crippen molar-refractivity contribution in [2.24, 2.45) is 0 Å². The van der Waals surface area contributed by atoms with Gasteiger partial charge >= 0.3 is 0 Å². The minimum Gasteiger partial charge on any atom is -0.341 e. The maximum atomic E-state index is 6.37. The zero-order chi connectivity index (χ0) is 10.4. The zero-order valence-electron chi connectivity index (χ0n) is 8.68. The number of hydrogen-bond acceptors (Lipinski definition) is 1. The van der Waals surface area contributed by atoms with Gasteiger partial charge in [0.1, 0.15) is 0 Å². The summed E-state index contributed by atoms with van der Waals surface area (Å²) in [6.45, 7) is 5.05. The Morgan fingerprint density at radius 3 is 3.13 bits per heavy atom. The summed E-state index contributed by atoms with van der Waals surface area (Å²) in [6, 6.07) is 6.46. The Morgan fingerprint density at radius 1 is 1.40 bits per heavy atom. The van der Waals surface area contributed by atoms with Crippen molar-refractivity contribution in [2.75, 3.05) is 6.54 Å². The maximum Gasteiger partial charge on any atom is 0.0707 e. The molecule has 1 aliphatic heterocycles. The van der Waals surface area contributed by atoms with Crippen LogP contribution in [0.25, 0.3) is 10.9 Å². The van der Waals surface area contributed by atoms with Gasteiger partial charge < -0.3 is 9.88 Å². The Morgan fingerprint density at radius 2 is 2.27 bits per heavy atom. The standard InChI is InChI=1S/C12H13ClN2/c1-8-2-3-9-10(6-8)15-5-4-14-7-11(15)12(9)13/h2-3,6,14H,4-5,7H2,1H3. The van der Waals surface area contributed by atoms with E-state index in [1.807, 2.05) is 0 Å². The van der Waals surface area contributed by atoms with Gasteiger partial charge in [0.15, 0.2) is 0 Å². The highest BCUT2D eigenvalue weighted by Gasteiger charge is 2.17. The number of fused-ring (bicyclic) bond motifs is 3. The first-order valence-corrected chi connectivity index (χ1v) is 5.63. The third kappa shape index (κ3) is 1.29. The predicted molar refractivity (Wildman–Crippen MR) is 63.4 cm³/mol. The largest absolute Gasteiger partial charge is 0.341 e. The number of rotatable bonds is 0. The van der Waals surface area contributed by atoms with Crippen LogP contribution in [0, 0.1) is 6.92 Å². The van der Waals surface area contributed by atoms with Crippen molar-refractivity contribution in [1.82, 2.24) is 9.88 Å². The normalized spacial score (nSPS) is 15.6. The van der Waals surface area contributed by atoms with Crippen molar-refractivity contribution in [3.8, 4) is 0 Å². The van der Waals surface area contributed by atoms with Crippen LogP contribution < -0.4 is 5.32 Å². The van der Waals surface area contributed by atoms with E-state index < -0.39 is 0 Å². The topological polar surface area (TPSA) is 17.0 Å². The van der Waals surface area contributed by atoms with E-state index in [9.17, 15) is 0 Å². The fourth-order valence-electron chi connectivity index (χ4n) is 2.30. The minimum atomic E-state index is 0.882. The third-order valence-corrected chi connectivity index (χ3v) is 3.49. The molecule has 3 rings (SSSR count). The Kier molecular flexibility index (Phi) is 2.01. The second kappa shape index (κ2) is 3.26. The molecule has 0 unspecified atom stereocenters. The number of benzene rings is 1. The first-order chi connectivity index (χ1) is 7.27. The fourth-order valence-corrected chi connectivity index (χ4v) is 2.62. The average Bonchev–Trinajstić information content (AvgIpc) is 2.54. The molecule has 1 aliphatic rings. The molecule has 0 bridgehead atoms. The van der Waals surface area contributed by atoms with Gasteiger partial charge in [-0.3, -0.25) is 0 Å². The Bertz CT molecular complexity index is 528. The molecule has 0 fully saturated rings. The van der Waals surface area contributed by atoms with Crippen LogP contribution in [0.2, 0.25) is 5.02 Å². The van der Waals surface area contributed by atoms with E-state index in [4.69, 9.17) is 11.6 Å². The van der Waals surface area contributed by atoms with Crippen LogP contribution in [0.5, 0.6) is 0 Å². The second-order valence-electron chi connectivity index (χ2n) is 4.11. The molecule has 1 aromatic heterocycles. The van der Waals surface area contributed by atoms with Crippen LogP contribution in [0.1, 0.15) is 11.3 Å². The number of hydrogen-bond donors (Lipinski definition) is 1. The number of aromatic nitrogens is 1. The van der Waals surface area contributed by atoms with Crippen LogP contribution in [0.15, 0.2) is 18.2 Å². The summed E-state index contributed by atoms with van der Waals surface area (Å²) in [7, 11) is 0. The molecule has 1 N–H and O–H groups in total. The van der Waals surface area contributed by atoms with Crippen molar-refractivity contribution in [1.29, 1.82) is 0 Å². The highest BCUT2D eigenvalue weighted by molar-refractivity contribution is 6.36. The van der Waals surface area contributed by atoms with E-state index in [1.54, 1.807) is 0 Å².